The van der Waals surface area contributed by atoms with Gasteiger partial charge >= 0.3 is 0 Å². The number of allylic oxidation sites excluding steroid dienone is 2. The van der Waals surface area contributed by atoms with Crippen LogP contribution >= 0.6 is 0 Å². The summed E-state index contributed by atoms with van der Waals surface area (Å²) in [7, 11) is 0. The maximum absolute atomic E-state index is 5.79. The SMILES string of the molecule is CCCC(C)=C(N)CCC. The molecule has 0 aliphatic carbocycles. The van der Waals surface area contributed by atoms with E-state index in [1.807, 2.05) is 0 Å². The summed E-state index contributed by atoms with van der Waals surface area (Å²) in [4.78, 5) is 0. The predicted molar refractivity (Wildman–Crippen MR) is 46.7 cm³/mol. The highest BCUT2D eigenvalue weighted by Gasteiger charge is 1.94. The van der Waals surface area contributed by atoms with E-state index >= 15 is 0 Å². The molecule has 1 heteroatoms. The quantitative estimate of drug-likeness (QED) is 0.640. The molecule has 60 valence electrons. The fourth-order valence-electron chi connectivity index (χ4n) is 1.02. The van der Waals surface area contributed by atoms with Gasteiger partial charge in [0.05, 0.1) is 0 Å². The number of hydrogen-bond donors (Lipinski definition) is 1. The van der Waals surface area contributed by atoms with Crippen LogP contribution in [0.25, 0.3) is 0 Å². The van der Waals surface area contributed by atoms with Gasteiger partial charge in [-0.3, -0.25) is 0 Å². The molecule has 2 N–H and O–H groups in total. The van der Waals surface area contributed by atoms with E-state index in [9.17, 15) is 0 Å². The summed E-state index contributed by atoms with van der Waals surface area (Å²) >= 11 is 0. The number of hydrogen-bond acceptors (Lipinski definition) is 1. The van der Waals surface area contributed by atoms with E-state index in [1.54, 1.807) is 0 Å². The lowest BCUT2D eigenvalue weighted by Gasteiger charge is -2.03. The molecule has 0 atom stereocenters. The van der Waals surface area contributed by atoms with Gasteiger partial charge in [-0.2, -0.15) is 0 Å². The van der Waals surface area contributed by atoms with E-state index in [2.05, 4.69) is 20.8 Å². The lowest BCUT2D eigenvalue weighted by molar-refractivity contribution is 0.827. The first-order chi connectivity index (χ1) is 4.72. The van der Waals surface area contributed by atoms with Gasteiger partial charge in [0, 0.05) is 5.70 Å². The highest BCUT2D eigenvalue weighted by atomic mass is 14.6. The molecule has 0 aromatic heterocycles. The minimum Gasteiger partial charge on any atom is -0.402 e. The van der Waals surface area contributed by atoms with Crippen LogP contribution in [-0.2, 0) is 0 Å². The minimum atomic E-state index is 1.06. The molecule has 1 nitrogen and oxygen atoms in total. The van der Waals surface area contributed by atoms with Gasteiger partial charge in [0.15, 0.2) is 0 Å². The normalized spacial score (nSPS) is 13.1. The van der Waals surface area contributed by atoms with Gasteiger partial charge in [-0.1, -0.05) is 32.3 Å². The van der Waals surface area contributed by atoms with E-state index in [4.69, 9.17) is 5.73 Å². The van der Waals surface area contributed by atoms with Crippen molar-refractivity contribution in [1.29, 1.82) is 0 Å². The molecule has 0 saturated heterocycles. The zero-order valence-electron chi connectivity index (χ0n) is 7.41. The summed E-state index contributed by atoms with van der Waals surface area (Å²) in [6.07, 6.45) is 4.58. The maximum atomic E-state index is 5.79. The molecule has 0 spiro atoms. The Morgan fingerprint density at radius 3 is 2.00 bits per heavy atom. The standard InChI is InChI=1S/C9H19N/c1-4-6-8(3)9(10)7-5-2/h4-7,10H2,1-3H3. The summed E-state index contributed by atoms with van der Waals surface area (Å²) < 4.78 is 0. The molecular formula is C9H19N. The summed E-state index contributed by atoms with van der Waals surface area (Å²) in [5.41, 5.74) is 8.27. The average molecular weight is 141 g/mol. The first kappa shape index (κ1) is 9.54. The molecule has 0 heterocycles. The Morgan fingerprint density at radius 2 is 1.60 bits per heavy atom. The highest BCUT2D eigenvalue weighted by molar-refractivity contribution is 5.07. The van der Waals surface area contributed by atoms with Crippen LogP contribution in [0.2, 0.25) is 0 Å². The van der Waals surface area contributed by atoms with Crippen molar-refractivity contribution in [3.05, 3.63) is 11.3 Å². The summed E-state index contributed by atoms with van der Waals surface area (Å²) in [5, 5.41) is 0. The Kier molecular flexibility index (Phi) is 5.09. The molecule has 0 saturated carbocycles. The second-order valence-corrected chi connectivity index (χ2v) is 2.81. The molecule has 0 unspecified atom stereocenters. The molecule has 0 aliphatic heterocycles. The lowest BCUT2D eigenvalue weighted by Crippen LogP contribution is -2.00. The highest BCUT2D eigenvalue weighted by Crippen LogP contribution is 2.09. The van der Waals surface area contributed by atoms with Gasteiger partial charge in [0.1, 0.15) is 0 Å². The van der Waals surface area contributed by atoms with Crippen molar-refractivity contribution in [3.63, 3.8) is 0 Å². The fourth-order valence-corrected chi connectivity index (χ4v) is 1.02. The first-order valence-corrected chi connectivity index (χ1v) is 4.16. The third kappa shape index (κ3) is 3.54. The Labute approximate surface area is 64.3 Å². The molecule has 0 rings (SSSR count). The molecule has 0 aromatic carbocycles. The Bertz CT molecular complexity index is 99.9. The van der Waals surface area contributed by atoms with Crippen LogP contribution in [0.5, 0.6) is 0 Å². The van der Waals surface area contributed by atoms with Gasteiger partial charge < -0.3 is 5.73 Å². The molecule has 0 radical (unpaired) electrons. The van der Waals surface area contributed by atoms with E-state index in [1.165, 1.54) is 12.0 Å². The second-order valence-electron chi connectivity index (χ2n) is 2.81. The van der Waals surface area contributed by atoms with Crippen molar-refractivity contribution in [2.24, 2.45) is 5.73 Å². The summed E-state index contributed by atoms with van der Waals surface area (Å²) in [6, 6.07) is 0. The van der Waals surface area contributed by atoms with Gasteiger partial charge in [-0.15, -0.1) is 0 Å². The van der Waals surface area contributed by atoms with Gasteiger partial charge in [-0.25, -0.2) is 0 Å². The predicted octanol–water partition coefficient (Wildman–Crippen LogP) is 2.82. The van der Waals surface area contributed by atoms with Gasteiger partial charge in [-0.05, 0) is 19.8 Å². The van der Waals surface area contributed by atoms with E-state index < -0.39 is 0 Å². The molecular weight excluding hydrogens is 122 g/mol. The summed E-state index contributed by atoms with van der Waals surface area (Å²) in [6.45, 7) is 6.48. The van der Waals surface area contributed by atoms with Gasteiger partial charge in [0.25, 0.3) is 0 Å². The van der Waals surface area contributed by atoms with Gasteiger partial charge in [0.2, 0.25) is 0 Å². The Balaban J connectivity index is 3.79. The van der Waals surface area contributed by atoms with Crippen molar-refractivity contribution in [3.8, 4) is 0 Å². The largest absolute Gasteiger partial charge is 0.402 e. The molecule has 10 heavy (non-hydrogen) atoms. The van der Waals surface area contributed by atoms with Crippen LogP contribution in [0.15, 0.2) is 11.3 Å². The van der Waals surface area contributed by atoms with Crippen molar-refractivity contribution in [2.45, 2.75) is 46.5 Å². The smallest absolute Gasteiger partial charge is 0.00694 e. The molecule has 0 aromatic rings. The van der Waals surface area contributed by atoms with E-state index in [0.717, 1.165) is 25.0 Å². The van der Waals surface area contributed by atoms with Crippen molar-refractivity contribution < 1.29 is 0 Å². The zero-order valence-corrected chi connectivity index (χ0v) is 7.41. The molecule has 0 bridgehead atoms. The first-order valence-electron chi connectivity index (χ1n) is 4.16. The molecule has 0 fully saturated rings. The van der Waals surface area contributed by atoms with Crippen LogP contribution < -0.4 is 5.73 Å². The van der Waals surface area contributed by atoms with Crippen LogP contribution in [0.4, 0.5) is 0 Å². The topological polar surface area (TPSA) is 26.0 Å². The fraction of sp³-hybridized carbons (Fsp3) is 0.778. The van der Waals surface area contributed by atoms with Crippen molar-refractivity contribution in [1.82, 2.24) is 0 Å². The number of nitrogens with two attached hydrogens (primary N) is 1. The minimum absolute atomic E-state index is 1.06. The molecule has 0 amide bonds. The third-order valence-corrected chi connectivity index (χ3v) is 1.69. The number of rotatable bonds is 4. The Morgan fingerprint density at radius 1 is 1.10 bits per heavy atom. The lowest BCUT2D eigenvalue weighted by atomic mass is 10.1. The zero-order chi connectivity index (χ0) is 7.98. The third-order valence-electron chi connectivity index (χ3n) is 1.69. The monoisotopic (exact) mass is 141 g/mol. The van der Waals surface area contributed by atoms with Crippen LogP contribution in [0.3, 0.4) is 0 Å². The maximum Gasteiger partial charge on any atom is 0.00694 e. The second kappa shape index (κ2) is 5.33. The van der Waals surface area contributed by atoms with E-state index in [-0.39, 0.29) is 0 Å². The van der Waals surface area contributed by atoms with Crippen molar-refractivity contribution >= 4 is 0 Å². The van der Waals surface area contributed by atoms with E-state index in [0.29, 0.717) is 0 Å². The summed E-state index contributed by atoms with van der Waals surface area (Å²) in [5.74, 6) is 0. The molecule has 0 aliphatic rings. The van der Waals surface area contributed by atoms with Crippen LogP contribution in [-0.4, -0.2) is 0 Å². The average Bonchev–Trinajstić information content (AvgIpc) is 1.89. The van der Waals surface area contributed by atoms with Crippen molar-refractivity contribution in [2.75, 3.05) is 0 Å². The Hall–Kier alpha value is -0.460. The van der Waals surface area contributed by atoms with Crippen LogP contribution in [0, 0.1) is 0 Å². The van der Waals surface area contributed by atoms with Crippen LogP contribution in [0.1, 0.15) is 46.5 Å².